The molecule has 3 unspecified atom stereocenters. The second kappa shape index (κ2) is 25.0. The Morgan fingerprint density at radius 3 is 2.06 bits per heavy atom. The summed E-state index contributed by atoms with van der Waals surface area (Å²) in [6.07, 6.45) is 31.6. The number of ether oxygens (including phenoxy) is 3. The van der Waals surface area contributed by atoms with E-state index in [4.69, 9.17) is 14.2 Å². The number of nitrogens with zero attached hydrogens (tertiary/aromatic N) is 1. The number of esters is 1. The van der Waals surface area contributed by atoms with E-state index in [1.807, 2.05) is 0 Å². The summed E-state index contributed by atoms with van der Waals surface area (Å²) in [5.74, 6) is 4.07. The molecule has 0 aromatic heterocycles. The molecular weight excluding hydrogens is 634 g/mol. The minimum Gasteiger partial charge on any atom is -0.466 e. The largest absolute Gasteiger partial charge is 0.466 e. The zero-order valence-corrected chi connectivity index (χ0v) is 33.5. The summed E-state index contributed by atoms with van der Waals surface area (Å²) in [7, 11) is 0. The van der Waals surface area contributed by atoms with Crippen LogP contribution in [-0.2, 0) is 23.8 Å². The van der Waals surface area contributed by atoms with Gasteiger partial charge in [-0.3, -0.25) is 9.59 Å². The molecule has 0 saturated heterocycles. The van der Waals surface area contributed by atoms with Gasteiger partial charge in [0.05, 0.1) is 26.2 Å². The Hall–Kier alpha value is -2.08. The smallest absolute Gasteiger partial charge is 0.306 e. The van der Waals surface area contributed by atoms with Crippen LogP contribution in [0.4, 0.5) is 0 Å². The number of Topliss-reactive ketones (excluding diaryl/α,β-unsaturated/α-hetero) is 1. The van der Waals surface area contributed by atoms with Crippen molar-refractivity contribution >= 4 is 11.8 Å². The second-order valence-electron chi connectivity index (χ2n) is 16.3. The molecule has 3 aliphatic carbocycles. The van der Waals surface area contributed by atoms with Crippen molar-refractivity contribution in [3.63, 3.8) is 0 Å². The van der Waals surface area contributed by atoms with Crippen LogP contribution in [0.5, 0.6) is 0 Å². The molecule has 0 aromatic carbocycles. The first-order valence-electron chi connectivity index (χ1n) is 21.5. The van der Waals surface area contributed by atoms with Crippen molar-refractivity contribution in [1.29, 1.82) is 0 Å². The van der Waals surface area contributed by atoms with Crippen LogP contribution in [-0.4, -0.2) is 56.1 Å². The first-order valence-corrected chi connectivity index (χ1v) is 21.5. The third kappa shape index (κ3) is 16.2. The maximum Gasteiger partial charge on any atom is 0.306 e. The molecule has 0 N–H and O–H groups in total. The summed E-state index contributed by atoms with van der Waals surface area (Å²) in [5, 5.41) is 0. The molecule has 3 fully saturated rings. The minimum atomic E-state index is -0.0848. The maximum absolute atomic E-state index is 13.2. The standard InChI is InChI=1S/C45H77NO5/c1-6-10-11-12-13-14-15-16-17-18-19-20-21-22-23-25-42(47)27-26-38(35-50-37(5)49-29-24-28-46(8-3)9-4)36-51-43(48)34-45(7-2)32-40-30-39-31-41(33-45)44(39)40/h13-14,16-17,38-41,44H,5-12,15,18-36H2,1-4H3/b14-13-,17-16-. The van der Waals surface area contributed by atoms with Gasteiger partial charge in [0.2, 0.25) is 0 Å². The number of hydrogen-bond acceptors (Lipinski definition) is 6. The molecule has 0 aromatic rings. The van der Waals surface area contributed by atoms with E-state index in [0.29, 0.717) is 50.6 Å². The highest BCUT2D eigenvalue weighted by Gasteiger charge is 2.60. The maximum atomic E-state index is 13.2. The van der Waals surface area contributed by atoms with Gasteiger partial charge in [0.25, 0.3) is 5.95 Å². The van der Waals surface area contributed by atoms with Gasteiger partial charge in [-0.25, -0.2) is 0 Å². The summed E-state index contributed by atoms with van der Waals surface area (Å²) >= 11 is 0. The lowest BCUT2D eigenvalue weighted by molar-refractivity contribution is -0.174. The van der Waals surface area contributed by atoms with E-state index < -0.39 is 0 Å². The predicted molar refractivity (Wildman–Crippen MR) is 211 cm³/mol. The number of unbranched alkanes of at least 4 members (excludes halogenated alkanes) is 8. The van der Waals surface area contributed by atoms with Gasteiger partial charge >= 0.3 is 5.97 Å². The lowest BCUT2D eigenvalue weighted by Crippen LogP contribution is -2.58. The van der Waals surface area contributed by atoms with E-state index in [9.17, 15) is 9.59 Å². The fourth-order valence-electron chi connectivity index (χ4n) is 9.13. The number of hydrogen-bond donors (Lipinski definition) is 0. The molecule has 0 aliphatic heterocycles. The molecule has 292 valence electrons. The van der Waals surface area contributed by atoms with Gasteiger partial charge in [-0.1, -0.05) is 84.1 Å². The number of allylic oxidation sites excluding steroid dienone is 4. The molecular formula is C45H77NO5. The fraction of sp³-hybridized carbons (Fsp3) is 0.822. The summed E-state index contributed by atoms with van der Waals surface area (Å²) in [6.45, 7) is 17.0. The normalized spacial score (nSPS) is 24.3. The highest BCUT2D eigenvalue weighted by molar-refractivity contribution is 5.78. The topological polar surface area (TPSA) is 65.1 Å². The summed E-state index contributed by atoms with van der Waals surface area (Å²) in [5.41, 5.74) is 0.102. The van der Waals surface area contributed by atoms with Crippen LogP contribution >= 0.6 is 0 Å². The molecule has 51 heavy (non-hydrogen) atoms. The van der Waals surface area contributed by atoms with Crippen molar-refractivity contribution in [3.05, 3.63) is 36.8 Å². The van der Waals surface area contributed by atoms with Crippen LogP contribution in [0.1, 0.15) is 163 Å². The first kappa shape index (κ1) is 43.3. The third-order valence-corrected chi connectivity index (χ3v) is 12.5. The van der Waals surface area contributed by atoms with Crippen molar-refractivity contribution in [2.75, 3.05) is 39.5 Å². The molecule has 0 heterocycles. The molecule has 0 spiro atoms. The Balaban J connectivity index is 1.33. The highest BCUT2D eigenvalue weighted by Crippen LogP contribution is 2.68. The number of carbonyl (C=O) groups is 2. The van der Waals surface area contributed by atoms with Gasteiger partial charge in [0.15, 0.2) is 0 Å². The van der Waals surface area contributed by atoms with Gasteiger partial charge in [-0.2, -0.15) is 0 Å². The molecule has 3 atom stereocenters. The number of carbonyl (C=O) groups excluding carboxylic acids is 2. The van der Waals surface area contributed by atoms with Gasteiger partial charge < -0.3 is 19.1 Å². The monoisotopic (exact) mass is 712 g/mol. The highest BCUT2D eigenvalue weighted by atomic mass is 16.7. The molecule has 3 saturated carbocycles. The SMILES string of the molecule is C=C(OCCCN(CC)CC)OCC(CCC(=O)CCCCCCC/C=C\C/C=C\CCCCC)COC(=O)CC1(CC)CC2CC3CC(C1)C32. The van der Waals surface area contributed by atoms with Crippen molar-refractivity contribution in [3.8, 4) is 0 Å². The second-order valence-corrected chi connectivity index (χ2v) is 16.3. The van der Waals surface area contributed by atoms with Crippen LogP contribution in [0.2, 0.25) is 0 Å². The van der Waals surface area contributed by atoms with Gasteiger partial charge in [-0.15, -0.1) is 0 Å². The summed E-state index contributed by atoms with van der Waals surface area (Å²) < 4.78 is 17.6. The van der Waals surface area contributed by atoms with E-state index >= 15 is 0 Å². The molecule has 6 nitrogen and oxygen atoms in total. The van der Waals surface area contributed by atoms with Crippen LogP contribution in [0.15, 0.2) is 36.8 Å². The molecule has 3 rings (SSSR count). The van der Waals surface area contributed by atoms with Crippen molar-refractivity contribution < 1.29 is 23.8 Å². The van der Waals surface area contributed by atoms with E-state index in [0.717, 1.165) is 81.8 Å². The summed E-state index contributed by atoms with van der Waals surface area (Å²) in [4.78, 5) is 28.5. The van der Waals surface area contributed by atoms with Crippen molar-refractivity contribution in [2.24, 2.45) is 35.0 Å². The zero-order chi connectivity index (χ0) is 36.7. The Kier molecular flexibility index (Phi) is 21.3. The Labute approximate surface area is 313 Å². The first-order chi connectivity index (χ1) is 24.8. The van der Waals surface area contributed by atoms with Crippen LogP contribution in [0.25, 0.3) is 0 Å². The van der Waals surface area contributed by atoms with E-state index in [2.05, 4.69) is 63.5 Å². The van der Waals surface area contributed by atoms with E-state index in [1.54, 1.807) is 0 Å². The van der Waals surface area contributed by atoms with Crippen molar-refractivity contribution in [2.45, 2.75) is 163 Å². The van der Waals surface area contributed by atoms with E-state index in [-0.39, 0.29) is 23.9 Å². The molecule has 6 heteroatoms. The van der Waals surface area contributed by atoms with Gasteiger partial charge in [0.1, 0.15) is 5.78 Å². The Morgan fingerprint density at radius 2 is 1.41 bits per heavy atom. The Bertz CT molecular complexity index is 1030. The molecule has 0 amide bonds. The zero-order valence-electron chi connectivity index (χ0n) is 33.5. The van der Waals surface area contributed by atoms with Crippen molar-refractivity contribution in [1.82, 2.24) is 4.90 Å². The molecule has 0 bridgehead atoms. The average molecular weight is 712 g/mol. The fourth-order valence-corrected chi connectivity index (χ4v) is 9.13. The number of ketones is 1. The number of rotatable bonds is 32. The molecule has 0 radical (unpaired) electrons. The van der Waals surface area contributed by atoms with Gasteiger partial charge in [-0.05, 0) is 132 Å². The van der Waals surface area contributed by atoms with Crippen LogP contribution in [0.3, 0.4) is 0 Å². The third-order valence-electron chi connectivity index (χ3n) is 12.5. The quantitative estimate of drug-likeness (QED) is 0.0299. The van der Waals surface area contributed by atoms with Crippen LogP contribution in [0, 0.1) is 35.0 Å². The van der Waals surface area contributed by atoms with Crippen LogP contribution < -0.4 is 0 Å². The lowest BCUT2D eigenvalue weighted by atomic mass is 9.39. The average Bonchev–Trinajstić information content (AvgIpc) is 3.10. The van der Waals surface area contributed by atoms with Gasteiger partial charge in [0, 0.05) is 25.3 Å². The molecule has 3 aliphatic rings. The predicted octanol–water partition coefficient (Wildman–Crippen LogP) is 11.4. The Morgan fingerprint density at radius 1 is 0.765 bits per heavy atom. The van der Waals surface area contributed by atoms with E-state index in [1.165, 1.54) is 70.6 Å². The summed E-state index contributed by atoms with van der Waals surface area (Å²) in [6, 6.07) is 0. The minimum absolute atomic E-state index is 0.0640. The lowest BCUT2D eigenvalue weighted by Gasteiger charge is -2.66.